The van der Waals surface area contributed by atoms with Crippen LogP contribution >= 0.6 is 15.9 Å². The van der Waals surface area contributed by atoms with Crippen molar-refractivity contribution >= 4 is 27.8 Å². The largest absolute Gasteiger partial charge is 0.478 e. The van der Waals surface area contributed by atoms with Gasteiger partial charge < -0.3 is 10.4 Å². The Balaban J connectivity index is 2.16. The molecule has 2 rings (SSSR count). The molecule has 1 atom stereocenters. The molecule has 1 aromatic carbocycles. The zero-order valence-corrected chi connectivity index (χ0v) is 12.8. The van der Waals surface area contributed by atoms with Gasteiger partial charge in [0.05, 0.1) is 11.6 Å². The van der Waals surface area contributed by atoms with Gasteiger partial charge in [-0.2, -0.15) is 0 Å². The first-order valence-electron chi connectivity index (χ1n) is 6.56. The van der Waals surface area contributed by atoms with Crippen LogP contribution in [-0.2, 0) is 11.3 Å². The van der Waals surface area contributed by atoms with Crippen molar-refractivity contribution in [2.75, 3.05) is 13.1 Å². The van der Waals surface area contributed by atoms with E-state index in [1.165, 1.54) is 0 Å². The molecule has 20 heavy (non-hydrogen) atoms. The van der Waals surface area contributed by atoms with E-state index in [2.05, 4.69) is 26.1 Å². The second-order valence-corrected chi connectivity index (χ2v) is 5.65. The molecule has 5 nitrogen and oxygen atoms in total. The van der Waals surface area contributed by atoms with E-state index in [9.17, 15) is 9.59 Å². The van der Waals surface area contributed by atoms with Crippen LogP contribution in [0.2, 0.25) is 0 Å². The number of aromatic carboxylic acids is 1. The molecule has 1 amide bonds. The number of amides is 1. The lowest BCUT2D eigenvalue weighted by atomic mass is 10.1. The number of carbonyl (C=O) groups excluding carboxylic acids is 1. The summed E-state index contributed by atoms with van der Waals surface area (Å²) >= 11 is 3.41. The summed E-state index contributed by atoms with van der Waals surface area (Å²) in [4.78, 5) is 24.8. The number of hydrogen-bond acceptors (Lipinski definition) is 3. The van der Waals surface area contributed by atoms with Crippen molar-refractivity contribution in [1.29, 1.82) is 0 Å². The monoisotopic (exact) mass is 340 g/mol. The molecular formula is C14H17BrN2O3. The quantitative estimate of drug-likeness (QED) is 0.877. The maximum absolute atomic E-state index is 11.8. The normalized spacial score (nSPS) is 19.7. The van der Waals surface area contributed by atoms with Crippen LogP contribution in [0.5, 0.6) is 0 Å². The van der Waals surface area contributed by atoms with Crippen LogP contribution in [0.1, 0.15) is 29.3 Å². The molecule has 0 aliphatic carbocycles. The van der Waals surface area contributed by atoms with Gasteiger partial charge in [0.2, 0.25) is 5.91 Å². The molecule has 1 saturated heterocycles. The first kappa shape index (κ1) is 15.0. The Morgan fingerprint density at radius 1 is 1.55 bits per heavy atom. The molecule has 1 heterocycles. The fraction of sp³-hybridized carbons (Fsp3) is 0.429. The Labute approximate surface area is 126 Å². The van der Waals surface area contributed by atoms with Crippen molar-refractivity contribution in [2.24, 2.45) is 0 Å². The van der Waals surface area contributed by atoms with Crippen molar-refractivity contribution in [3.05, 3.63) is 33.8 Å². The van der Waals surface area contributed by atoms with Gasteiger partial charge in [0.25, 0.3) is 0 Å². The Morgan fingerprint density at radius 2 is 2.30 bits per heavy atom. The van der Waals surface area contributed by atoms with E-state index in [4.69, 9.17) is 5.11 Å². The summed E-state index contributed by atoms with van der Waals surface area (Å²) in [6.07, 6.45) is 0.761. The average molecular weight is 341 g/mol. The lowest BCUT2D eigenvalue weighted by Crippen LogP contribution is -2.54. The highest BCUT2D eigenvalue weighted by atomic mass is 79.9. The molecule has 0 aromatic heterocycles. The maximum Gasteiger partial charge on any atom is 0.335 e. The Bertz CT molecular complexity index is 533. The number of carboxylic acid groups (broad SMARTS) is 1. The van der Waals surface area contributed by atoms with E-state index in [0.717, 1.165) is 23.0 Å². The second-order valence-electron chi connectivity index (χ2n) is 4.80. The number of carbonyl (C=O) groups is 2. The first-order chi connectivity index (χ1) is 9.52. The fourth-order valence-electron chi connectivity index (χ4n) is 2.42. The molecule has 0 bridgehead atoms. The van der Waals surface area contributed by atoms with Gasteiger partial charge in [-0.15, -0.1) is 0 Å². The van der Waals surface area contributed by atoms with E-state index in [0.29, 0.717) is 13.1 Å². The molecule has 0 radical (unpaired) electrons. The van der Waals surface area contributed by atoms with E-state index < -0.39 is 5.97 Å². The number of halogens is 1. The first-order valence-corrected chi connectivity index (χ1v) is 7.35. The lowest BCUT2D eigenvalue weighted by Gasteiger charge is -2.34. The van der Waals surface area contributed by atoms with E-state index >= 15 is 0 Å². The third-order valence-electron chi connectivity index (χ3n) is 3.50. The molecule has 0 spiro atoms. The standard InChI is InChI=1S/C14H17BrN2O3/c1-2-12-13(18)16-5-6-17(12)8-10-4-3-9(14(19)20)7-11(10)15/h3-4,7,12H,2,5-6,8H2,1H3,(H,16,18)(H,19,20). The van der Waals surface area contributed by atoms with E-state index in [1.807, 2.05) is 6.92 Å². The van der Waals surface area contributed by atoms with Crippen LogP contribution in [-0.4, -0.2) is 41.0 Å². The molecule has 6 heteroatoms. The van der Waals surface area contributed by atoms with Crippen molar-refractivity contribution in [3.8, 4) is 0 Å². The van der Waals surface area contributed by atoms with Crippen molar-refractivity contribution in [2.45, 2.75) is 25.9 Å². The predicted molar refractivity (Wildman–Crippen MR) is 78.6 cm³/mol. The highest BCUT2D eigenvalue weighted by Gasteiger charge is 2.28. The summed E-state index contributed by atoms with van der Waals surface area (Å²) in [6.45, 7) is 4.08. The fourth-order valence-corrected chi connectivity index (χ4v) is 2.93. The van der Waals surface area contributed by atoms with Crippen LogP contribution < -0.4 is 5.32 Å². The zero-order chi connectivity index (χ0) is 14.7. The van der Waals surface area contributed by atoms with Gasteiger partial charge in [-0.1, -0.05) is 28.9 Å². The Kier molecular flexibility index (Phi) is 4.77. The summed E-state index contributed by atoms with van der Waals surface area (Å²) < 4.78 is 0.762. The number of rotatable bonds is 4. The van der Waals surface area contributed by atoms with Crippen LogP contribution in [0.3, 0.4) is 0 Å². The number of nitrogens with zero attached hydrogens (tertiary/aromatic N) is 1. The number of benzene rings is 1. The van der Waals surface area contributed by atoms with Gasteiger partial charge in [-0.25, -0.2) is 4.79 Å². The summed E-state index contributed by atoms with van der Waals surface area (Å²) in [5, 5.41) is 11.8. The molecular weight excluding hydrogens is 324 g/mol. The zero-order valence-electron chi connectivity index (χ0n) is 11.2. The smallest absolute Gasteiger partial charge is 0.335 e. The summed E-state index contributed by atoms with van der Waals surface area (Å²) in [7, 11) is 0. The number of hydrogen-bond donors (Lipinski definition) is 2. The van der Waals surface area contributed by atoms with Crippen molar-refractivity contribution < 1.29 is 14.7 Å². The molecule has 0 saturated carbocycles. The van der Waals surface area contributed by atoms with E-state index in [1.54, 1.807) is 18.2 Å². The number of piperazine rings is 1. The topological polar surface area (TPSA) is 69.6 Å². The minimum Gasteiger partial charge on any atom is -0.478 e. The lowest BCUT2D eigenvalue weighted by molar-refractivity contribution is -0.129. The van der Waals surface area contributed by atoms with Gasteiger partial charge >= 0.3 is 5.97 Å². The molecule has 1 aliphatic heterocycles. The SMILES string of the molecule is CCC1C(=O)NCCN1Cc1ccc(C(=O)O)cc1Br. The van der Waals surface area contributed by atoms with Gasteiger partial charge in [0, 0.05) is 24.1 Å². The molecule has 2 N–H and O–H groups in total. The molecule has 1 unspecified atom stereocenters. The highest BCUT2D eigenvalue weighted by molar-refractivity contribution is 9.10. The van der Waals surface area contributed by atoms with Crippen molar-refractivity contribution in [3.63, 3.8) is 0 Å². The van der Waals surface area contributed by atoms with Crippen LogP contribution in [0.25, 0.3) is 0 Å². The van der Waals surface area contributed by atoms with Gasteiger partial charge in [-0.05, 0) is 24.1 Å². The average Bonchev–Trinajstić information content (AvgIpc) is 2.41. The van der Waals surface area contributed by atoms with Crippen LogP contribution in [0, 0.1) is 0 Å². The molecule has 1 aromatic rings. The molecule has 1 fully saturated rings. The Hall–Kier alpha value is -1.40. The van der Waals surface area contributed by atoms with Gasteiger partial charge in [-0.3, -0.25) is 9.69 Å². The third kappa shape index (κ3) is 3.19. The van der Waals surface area contributed by atoms with Crippen LogP contribution in [0.15, 0.2) is 22.7 Å². The minimum atomic E-state index is -0.943. The highest BCUT2D eigenvalue weighted by Crippen LogP contribution is 2.22. The summed E-state index contributed by atoms with van der Waals surface area (Å²) in [5.41, 5.74) is 1.24. The third-order valence-corrected chi connectivity index (χ3v) is 4.24. The molecule has 1 aliphatic rings. The van der Waals surface area contributed by atoms with Gasteiger partial charge in [0.1, 0.15) is 0 Å². The number of carboxylic acids is 1. The minimum absolute atomic E-state index is 0.0667. The predicted octanol–water partition coefficient (Wildman–Crippen LogP) is 1.86. The van der Waals surface area contributed by atoms with Crippen molar-refractivity contribution in [1.82, 2.24) is 10.2 Å². The maximum atomic E-state index is 11.8. The Morgan fingerprint density at radius 3 is 2.90 bits per heavy atom. The second kappa shape index (κ2) is 6.37. The van der Waals surface area contributed by atoms with Crippen LogP contribution in [0.4, 0.5) is 0 Å². The molecule has 108 valence electrons. The summed E-state index contributed by atoms with van der Waals surface area (Å²) in [6, 6.07) is 4.87. The summed E-state index contributed by atoms with van der Waals surface area (Å²) in [5.74, 6) is -0.877. The van der Waals surface area contributed by atoms with E-state index in [-0.39, 0.29) is 17.5 Å². The number of nitrogens with one attached hydrogen (secondary N) is 1. The van der Waals surface area contributed by atoms with Gasteiger partial charge in [0.15, 0.2) is 0 Å².